The zero-order valence-corrected chi connectivity index (χ0v) is 18.1. The molecule has 158 valence electrons. The number of hydrogen-bond acceptors (Lipinski definition) is 4. The number of likely N-dealkylation sites (tertiary alicyclic amines) is 1. The second-order valence-electron chi connectivity index (χ2n) is 7.43. The van der Waals surface area contributed by atoms with Gasteiger partial charge in [-0.2, -0.15) is 0 Å². The van der Waals surface area contributed by atoms with E-state index in [-0.39, 0.29) is 36.6 Å². The summed E-state index contributed by atoms with van der Waals surface area (Å²) in [5.41, 5.74) is 8.21. The number of nitrogens with two attached hydrogens (primary N) is 1. The Hall–Kier alpha value is -1.34. The maximum absolute atomic E-state index is 12.8. The molecule has 1 atom stereocenters. The van der Waals surface area contributed by atoms with Crippen molar-refractivity contribution in [1.29, 1.82) is 0 Å². The topological polar surface area (TPSA) is 69.9 Å². The minimum Gasteiger partial charge on any atom is -0.342 e. The Bertz CT molecular complexity index is 636. The van der Waals surface area contributed by atoms with E-state index in [1.807, 2.05) is 41.0 Å². The van der Waals surface area contributed by atoms with E-state index in [0.717, 1.165) is 56.6 Å². The van der Waals surface area contributed by atoms with Gasteiger partial charge in [-0.25, -0.2) is 0 Å². The predicted molar refractivity (Wildman–Crippen MR) is 116 cm³/mol. The van der Waals surface area contributed by atoms with E-state index in [9.17, 15) is 9.59 Å². The molecule has 2 heterocycles. The van der Waals surface area contributed by atoms with Crippen LogP contribution < -0.4 is 5.73 Å². The van der Waals surface area contributed by atoms with Gasteiger partial charge in [0.05, 0.1) is 6.54 Å². The first kappa shape index (κ1) is 24.7. The first-order chi connectivity index (χ1) is 12.5. The van der Waals surface area contributed by atoms with Gasteiger partial charge in [0.15, 0.2) is 0 Å². The minimum atomic E-state index is -0.617. The van der Waals surface area contributed by atoms with Gasteiger partial charge in [0, 0.05) is 39.3 Å². The molecule has 0 aromatic heterocycles. The van der Waals surface area contributed by atoms with Gasteiger partial charge in [-0.15, -0.1) is 24.8 Å². The Labute approximate surface area is 180 Å². The largest absolute Gasteiger partial charge is 0.342 e. The maximum Gasteiger partial charge on any atom is 0.244 e. The smallest absolute Gasteiger partial charge is 0.244 e. The molecule has 3 rings (SSSR count). The number of carbonyl (C=O) groups excluding carboxylic acids is 2. The van der Waals surface area contributed by atoms with Crippen molar-refractivity contribution in [2.75, 3.05) is 45.8 Å². The van der Waals surface area contributed by atoms with Crippen molar-refractivity contribution in [1.82, 2.24) is 14.7 Å². The molecule has 2 aliphatic heterocycles. The summed E-state index contributed by atoms with van der Waals surface area (Å²) in [4.78, 5) is 31.1. The van der Waals surface area contributed by atoms with E-state index in [4.69, 9.17) is 5.73 Å². The Morgan fingerprint density at radius 3 is 2.14 bits per heavy atom. The summed E-state index contributed by atoms with van der Waals surface area (Å²) >= 11 is 0. The molecule has 6 nitrogen and oxygen atoms in total. The van der Waals surface area contributed by atoms with E-state index in [1.54, 1.807) is 0 Å². The summed E-state index contributed by atoms with van der Waals surface area (Å²) in [5.74, 6) is 0.195. The van der Waals surface area contributed by atoms with Gasteiger partial charge in [0.25, 0.3) is 0 Å². The van der Waals surface area contributed by atoms with Crippen LogP contribution in [0, 0.1) is 6.92 Å². The van der Waals surface area contributed by atoms with E-state index in [2.05, 4.69) is 4.90 Å². The zero-order valence-electron chi connectivity index (χ0n) is 16.5. The van der Waals surface area contributed by atoms with E-state index >= 15 is 0 Å². The van der Waals surface area contributed by atoms with Crippen molar-refractivity contribution in [2.45, 2.75) is 32.2 Å². The normalized spacial score (nSPS) is 18.6. The molecule has 2 saturated heterocycles. The molecule has 2 fully saturated rings. The van der Waals surface area contributed by atoms with E-state index in [0.29, 0.717) is 19.6 Å². The molecule has 28 heavy (non-hydrogen) atoms. The highest BCUT2D eigenvalue weighted by atomic mass is 35.5. The molecule has 1 aromatic carbocycles. The highest BCUT2D eigenvalue weighted by molar-refractivity contribution is 5.85. The summed E-state index contributed by atoms with van der Waals surface area (Å²) in [6, 6.07) is 7.20. The molecule has 0 saturated carbocycles. The average Bonchev–Trinajstić information content (AvgIpc) is 3.09. The van der Waals surface area contributed by atoms with Gasteiger partial charge in [-0.3, -0.25) is 14.5 Å². The lowest BCUT2D eigenvalue weighted by Crippen LogP contribution is -2.42. The molecule has 0 spiro atoms. The molecule has 1 aromatic rings. The molecular weight excluding hydrogens is 399 g/mol. The molecule has 1 unspecified atom stereocenters. The number of nitrogens with zero attached hydrogens (tertiary/aromatic N) is 3. The lowest BCUT2D eigenvalue weighted by atomic mass is 10.0. The van der Waals surface area contributed by atoms with Crippen molar-refractivity contribution in [3.05, 3.63) is 35.4 Å². The molecule has 0 aliphatic carbocycles. The Kier molecular flexibility index (Phi) is 10.2. The van der Waals surface area contributed by atoms with Crippen molar-refractivity contribution in [3.8, 4) is 0 Å². The van der Waals surface area contributed by atoms with Crippen molar-refractivity contribution in [3.63, 3.8) is 0 Å². The van der Waals surface area contributed by atoms with Crippen LogP contribution in [0.2, 0.25) is 0 Å². The fourth-order valence-corrected chi connectivity index (χ4v) is 3.72. The fraction of sp³-hybridized carbons (Fsp3) is 0.600. The first-order valence-electron chi connectivity index (χ1n) is 9.65. The molecule has 8 heteroatoms. The molecule has 0 bridgehead atoms. The van der Waals surface area contributed by atoms with Gasteiger partial charge in [-0.1, -0.05) is 29.8 Å². The van der Waals surface area contributed by atoms with E-state index in [1.165, 1.54) is 0 Å². The number of aryl methyl sites for hydroxylation is 1. The minimum absolute atomic E-state index is 0. The van der Waals surface area contributed by atoms with Gasteiger partial charge in [0.1, 0.15) is 6.04 Å². The molecule has 0 radical (unpaired) electrons. The Balaban J connectivity index is 0.00000196. The van der Waals surface area contributed by atoms with Crippen LogP contribution in [0.25, 0.3) is 0 Å². The second-order valence-corrected chi connectivity index (χ2v) is 7.43. The Morgan fingerprint density at radius 1 is 0.893 bits per heavy atom. The molecule has 2 N–H and O–H groups in total. The van der Waals surface area contributed by atoms with E-state index < -0.39 is 6.04 Å². The summed E-state index contributed by atoms with van der Waals surface area (Å²) in [5, 5.41) is 0. The number of carbonyl (C=O) groups is 2. The third-order valence-corrected chi connectivity index (χ3v) is 5.42. The van der Waals surface area contributed by atoms with Gasteiger partial charge in [0.2, 0.25) is 11.8 Å². The van der Waals surface area contributed by atoms with Gasteiger partial charge in [-0.05, 0) is 31.7 Å². The number of rotatable bonds is 4. The summed E-state index contributed by atoms with van der Waals surface area (Å²) in [6.07, 6.45) is 3.11. The van der Waals surface area contributed by atoms with Crippen LogP contribution in [0.3, 0.4) is 0 Å². The predicted octanol–water partition coefficient (Wildman–Crippen LogP) is 2.00. The van der Waals surface area contributed by atoms with Crippen LogP contribution in [0.5, 0.6) is 0 Å². The number of benzene rings is 1. The molecular formula is C20H32Cl2N4O2. The molecule has 2 amide bonds. The average molecular weight is 431 g/mol. The Morgan fingerprint density at radius 2 is 1.50 bits per heavy atom. The highest BCUT2D eigenvalue weighted by Gasteiger charge is 2.26. The highest BCUT2D eigenvalue weighted by Crippen LogP contribution is 2.16. The van der Waals surface area contributed by atoms with Crippen molar-refractivity contribution < 1.29 is 9.59 Å². The zero-order chi connectivity index (χ0) is 18.5. The number of amides is 2. The van der Waals surface area contributed by atoms with Crippen LogP contribution in [0.4, 0.5) is 0 Å². The SMILES string of the molecule is Cc1ccc(C(N)C(=O)N2CCCN(CC(=O)N3CCCC3)CC2)cc1.Cl.Cl. The van der Waals surface area contributed by atoms with Gasteiger partial charge >= 0.3 is 0 Å². The van der Waals surface area contributed by atoms with Crippen LogP contribution in [0.15, 0.2) is 24.3 Å². The van der Waals surface area contributed by atoms with Crippen LogP contribution in [0.1, 0.15) is 36.4 Å². The quantitative estimate of drug-likeness (QED) is 0.792. The summed E-state index contributed by atoms with van der Waals surface area (Å²) in [7, 11) is 0. The second kappa shape index (κ2) is 11.6. The van der Waals surface area contributed by atoms with Crippen LogP contribution in [-0.2, 0) is 9.59 Å². The van der Waals surface area contributed by atoms with Crippen molar-refractivity contribution >= 4 is 36.6 Å². The lowest BCUT2D eigenvalue weighted by Gasteiger charge is -2.25. The third kappa shape index (κ3) is 6.34. The number of hydrogen-bond donors (Lipinski definition) is 1. The standard InChI is InChI=1S/C20H30N4O2.2ClH/c1-16-5-7-17(8-6-16)19(21)20(26)24-12-4-9-22(13-14-24)15-18(25)23-10-2-3-11-23;;/h5-8,19H,2-4,9-15,21H2,1H3;2*1H. The van der Waals surface area contributed by atoms with Gasteiger partial charge < -0.3 is 15.5 Å². The first-order valence-corrected chi connectivity index (χ1v) is 9.65. The maximum atomic E-state index is 12.8. The lowest BCUT2D eigenvalue weighted by molar-refractivity contribution is -0.132. The third-order valence-electron chi connectivity index (χ3n) is 5.42. The van der Waals surface area contributed by atoms with Crippen LogP contribution in [-0.4, -0.2) is 72.3 Å². The fourth-order valence-electron chi connectivity index (χ4n) is 3.72. The number of halogens is 2. The van der Waals surface area contributed by atoms with Crippen LogP contribution >= 0.6 is 24.8 Å². The summed E-state index contributed by atoms with van der Waals surface area (Å²) in [6.45, 7) is 7.18. The summed E-state index contributed by atoms with van der Waals surface area (Å²) < 4.78 is 0. The molecule has 2 aliphatic rings. The van der Waals surface area contributed by atoms with Crippen molar-refractivity contribution in [2.24, 2.45) is 5.73 Å². The monoisotopic (exact) mass is 430 g/mol.